The number of hydrogen-bond acceptors (Lipinski definition) is 4. The minimum Gasteiger partial charge on any atom is -0.390 e. The van der Waals surface area contributed by atoms with Crippen molar-refractivity contribution in [2.75, 3.05) is 11.4 Å². The zero-order valence-electron chi connectivity index (χ0n) is 14.4. The third kappa shape index (κ3) is 3.10. The smallest absolute Gasteiger partial charge is 0.277 e. The van der Waals surface area contributed by atoms with E-state index in [1.54, 1.807) is 52.3 Å². The van der Waals surface area contributed by atoms with Gasteiger partial charge in [0.25, 0.3) is 5.91 Å². The van der Waals surface area contributed by atoms with Crippen LogP contribution in [0.2, 0.25) is 10.0 Å². The summed E-state index contributed by atoms with van der Waals surface area (Å²) in [5.41, 5.74) is 3.20. The maximum Gasteiger partial charge on any atom is 0.277 e. The van der Waals surface area contributed by atoms with Crippen LogP contribution in [0.3, 0.4) is 0 Å². The molecule has 0 spiro atoms. The molecule has 1 aromatic carbocycles. The molecule has 1 aliphatic heterocycles. The number of benzene rings is 1. The highest BCUT2D eigenvalue weighted by Gasteiger charge is 2.33. The van der Waals surface area contributed by atoms with E-state index in [0.29, 0.717) is 39.2 Å². The molecule has 1 atom stereocenters. The number of amides is 1. The van der Waals surface area contributed by atoms with Crippen molar-refractivity contribution in [3.63, 3.8) is 0 Å². The van der Waals surface area contributed by atoms with E-state index >= 15 is 0 Å². The third-order valence-corrected chi connectivity index (χ3v) is 5.35. The standard InChI is InChI=1S/C19H16Cl2N4O2/c1-11-9-24(14-2-3-16(20)17(21)7-14)19(27)18-15(8-23-25(11)18)12-4-5-22-13(6-12)10-26/h2-8,11,26H,9-10H2,1H3. The third-order valence-electron chi connectivity index (χ3n) is 4.61. The number of fused-ring (bicyclic) bond motifs is 1. The van der Waals surface area contributed by atoms with E-state index in [1.165, 1.54) is 0 Å². The highest BCUT2D eigenvalue weighted by molar-refractivity contribution is 6.42. The van der Waals surface area contributed by atoms with Gasteiger partial charge < -0.3 is 10.0 Å². The number of halogens is 2. The van der Waals surface area contributed by atoms with Gasteiger partial charge in [0.1, 0.15) is 5.69 Å². The van der Waals surface area contributed by atoms with E-state index in [-0.39, 0.29) is 18.6 Å². The second kappa shape index (κ2) is 6.96. The number of pyridine rings is 1. The van der Waals surface area contributed by atoms with Gasteiger partial charge in [-0.1, -0.05) is 23.2 Å². The number of anilines is 1. The highest BCUT2D eigenvalue weighted by Crippen LogP contribution is 2.34. The Hall–Kier alpha value is -2.41. The first kappa shape index (κ1) is 18.0. The summed E-state index contributed by atoms with van der Waals surface area (Å²) in [6.07, 6.45) is 3.29. The second-order valence-electron chi connectivity index (χ2n) is 6.41. The van der Waals surface area contributed by atoms with Gasteiger partial charge in [0.15, 0.2) is 0 Å². The van der Waals surface area contributed by atoms with E-state index in [9.17, 15) is 9.90 Å². The number of carbonyl (C=O) groups excluding carboxylic acids is 1. The lowest BCUT2D eigenvalue weighted by molar-refractivity contribution is 0.0954. The molecule has 27 heavy (non-hydrogen) atoms. The molecule has 6 nitrogen and oxygen atoms in total. The van der Waals surface area contributed by atoms with Crippen molar-refractivity contribution in [3.8, 4) is 11.1 Å². The summed E-state index contributed by atoms with van der Waals surface area (Å²) >= 11 is 12.1. The normalized spacial score (nSPS) is 16.5. The lowest BCUT2D eigenvalue weighted by atomic mass is 10.0. The van der Waals surface area contributed by atoms with E-state index in [1.807, 2.05) is 6.92 Å². The zero-order chi connectivity index (χ0) is 19.1. The van der Waals surface area contributed by atoms with Crippen molar-refractivity contribution >= 4 is 34.8 Å². The maximum atomic E-state index is 13.3. The van der Waals surface area contributed by atoms with Gasteiger partial charge in [-0.05, 0) is 42.8 Å². The highest BCUT2D eigenvalue weighted by atomic mass is 35.5. The molecule has 0 saturated carbocycles. The van der Waals surface area contributed by atoms with Crippen molar-refractivity contribution in [2.45, 2.75) is 19.6 Å². The first-order valence-electron chi connectivity index (χ1n) is 8.40. The number of rotatable bonds is 3. The van der Waals surface area contributed by atoms with Crippen molar-refractivity contribution in [1.82, 2.24) is 14.8 Å². The zero-order valence-corrected chi connectivity index (χ0v) is 15.9. The van der Waals surface area contributed by atoms with Gasteiger partial charge in [-0.25, -0.2) is 0 Å². The molecular formula is C19H16Cl2N4O2. The molecule has 0 bridgehead atoms. The van der Waals surface area contributed by atoms with Gasteiger partial charge in [0.05, 0.1) is 34.6 Å². The van der Waals surface area contributed by atoms with Crippen LogP contribution in [0.15, 0.2) is 42.7 Å². The van der Waals surface area contributed by atoms with Gasteiger partial charge in [-0.2, -0.15) is 5.10 Å². The quantitative estimate of drug-likeness (QED) is 0.719. The predicted octanol–water partition coefficient (Wildman–Crippen LogP) is 3.97. The summed E-state index contributed by atoms with van der Waals surface area (Å²) in [5.74, 6) is -0.165. The van der Waals surface area contributed by atoms with Crippen LogP contribution < -0.4 is 4.90 Å². The lowest BCUT2D eigenvalue weighted by Crippen LogP contribution is -2.42. The van der Waals surface area contributed by atoms with E-state index in [0.717, 1.165) is 5.56 Å². The van der Waals surface area contributed by atoms with E-state index < -0.39 is 0 Å². The summed E-state index contributed by atoms with van der Waals surface area (Å²) in [6, 6.07) is 8.69. The minimum atomic E-state index is -0.170. The Bertz CT molecular complexity index is 1030. The number of aliphatic hydroxyl groups is 1. The van der Waals surface area contributed by atoms with Crippen LogP contribution in [-0.2, 0) is 6.61 Å². The Morgan fingerprint density at radius 2 is 2.04 bits per heavy atom. The summed E-state index contributed by atoms with van der Waals surface area (Å²) < 4.78 is 1.74. The first-order valence-corrected chi connectivity index (χ1v) is 9.15. The molecule has 2 aromatic heterocycles. The van der Waals surface area contributed by atoms with E-state index in [4.69, 9.17) is 23.2 Å². The Labute approximate surface area is 166 Å². The van der Waals surface area contributed by atoms with Crippen LogP contribution in [0.5, 0.6) is 0 Å². The first-order chi connectivity index (χ1) is 13.0. The summed E-state index contributed by atoms with van der Waals surface area (Å²) in [5, 5.41) is 14.6. The number of hydrogen-bond donors (Lipinski definition) is 1. The molecule has 0 radical (unpaired) electrons. The maximum absolute atomic E-state index is 13.3. The Morgan fingerprint density at radius 1 is 1.22 bits per heavy atom. The number of nitrogens with zero attached hydrogens (tertiary/aromatic N) is 4. The predicted molar refractivity (Wildman–Crippen MR) is 104 cm³/mol. The fourth-order valence-corrected chi connectivity index (χ4v) is 3.57. The van der Waals surface area contributed by atoms with Gasteiger partial charge in [0.2, 0.25) is 0 Å². The van der Waals surface area contributed by atoms with Crippen LogP contribution in [0.1, 0.15) is 29.1 Å². The summed E-state index contributed by atoms with van der Waals surface area (Å²) in [4.78, 5) is 19.1. The van der Waals surface area contributed by atoms with Crippen LogP contribution in [-0.4, -0.2) is 32.3 Å². The fraction of sp³-hybridized carbons (Fsp3) is 0.211. The molecule has 0 fully saturated rings. The minimum absolute atomic E-state index is 0.0138. The molecule has 1 N–H and O–H groups in total. The molecule has 3 aromatic rings. The Kier molecular flexibility index (Phi) is 4.63. The number of carbonyl (C=O) groups is 1. The fourth-order valence-electron chi connectivity index (χ4n) is 3.28. The molecule has 138 valence electrons. The summed E-state index contributed by atoms with van der Waals surface area (Å²) in [7, 11) is 0. The van der Waals surface area contributed by atoms with E-state index in [2.05, 4.69) is 10.1 Å². The Balaban J connectivity index is 1.80. The summed E-state index contributed by atoms with van der Waals surface area (Å²) in [6.45, 7) is 2.31. The number of aromatic nitrogens is 3. The molecular weight excluding hydrogens is 387 g/mol. The molecule has 8 heteroatoms. The molecule has 3 heterocycles. The van der Waals surface area contributed by atoms with Crippen LogP contribution >= 0.6 is 23.2 Å². The number of aliphatic hydroxyl groups excluding tert-OH is 1. The van der Waals surface area contributed by atoms with Crippen molar-refractivity contribution in [3.05, 3.63) is 64.2 Å². The molecule has 1 aliphatic rings. The van der Waals surface area contributed by atoms with Crippen molar-refractivity contribution in [1.29, 1.82) is 0 Å². The SMILES string of the molecule is CC1CN(c2ccc(Cl)c(Cl)c2)C(=O)c2c(-c3ccnc(CO)c3)cnn21. The van der Waals surface area contributed by atoms with Crippen molar-refractivity contribution in [2.24, 2.45) is 0 Å². The largest absolute Gasteiger partial charge is 0.390 e. The molecule has 1 unspecified atom stereocenters. The topological polar surface area (TPSA) is 71.2 Å². The molecule has 4 rings (SSSR count). The Morgan fingerprint density at radius 3 is 2.78 bits per heavy atom. The van der Waals surface area contributed by atoms with Crippen molar-refractivity contribution < 1.29 is 9.90 Å². The molecule has 0 saturated heterocycles. The monoisotopic (exact) mass is 402 g/mol. The van der Waals surface area contributed by atoms with Gasteiger partial charge >= 0.3 is 0 Å². The average molecular weight is 403 g/mol. The van der Waals surface area contributed by atoms with Gasteiger partial charge in [-0.15, -0.1) is 0 Å². The van der Waals surface area contributed by atoms with Crippen LogP contribution in [0, 0.1) is 0 Å². The van der Waals surface area contributed by atoms with Crippen LogP contribution in [0.4, 0.5) is 5.69 Å². The molecule has 1 amide bonds. The lowest BCUT2D eigenvalue weighted by Gasteiger charge is -2.32. The second-order valence-corrected chi connectivity index (χ2v) is 7.22. The van der Waals surface area contributed by atoms with Gasteiger partial charge in [-0.3, -0.25) is 14.5 Å². The van der Waals surface area contributed by atoms with Crippen LogP contribution in [0.25, 0.3) is 11.1 Å². The average Bonchev–Trinajstić information content (AvgIpc) is 3.13. The van der Waals surface area contributed by atoms with Gasteiger partial charge in [0, 0.05) is 24.0 Å². The molecule has 0 aliphatic carbocycles.